The van der Waals surface area contributed by atoms with Crippen LogP contribution in [0.5, 0.6) is 0 Å². The number of Topliss-reactive ketones (excluding diaryl/α,β-unsaturated/α-hetero) is 1. The van der Waals surface area contributed by atoms with Crippen molar-refractivity contribution in [3.8, 4) is 22.3 Å². The van der Waals surface area contributed by atoms with Crippen molar-refractivity contribution in [3.63, 3.8) is 0 Å². The zero-order valence-electron chi connectivity index (χ0n) is 73.2. The Bertz CT molecular complexity index is 6110. The summed E-state index contributed by atoms with van der Waals surface area (Å²) < 4.78 is 98.7. The van der Waals surface area contributed by atoms with Crippen LogP contribution in [-0.4, -0.2) is 109 Å². The molecule has 674 valence electrons. The summed E-state index contributed by atoms with van der Waals surface area (Å²) in [5, 5.41) is 12.1. The number of carbonyl (C=O) groups is 6. The van der Waals surface area contributed by atoms with Crippen LogP contribution in [0.1, 0.15) is 199 Å². The number of rotatable bonds is 25. The highest BCUT2D eigenvalue weighted by Gasteiger charge is 2.30. The molecule has 14 rings (SSSR count). The molecular weight excluding hydrogens is 1710 g/mol. The lowest BCUT2D eigenvalue weighted by Crippen LogP contribution is -2.22. The van der Waals surface area contributed by atoms with Crippen LogP contribution in [0.15, 0.2) is 182 Å². The first-order valence-corrected chi connectivity index (χ1v) is 42.1. The molecule has 13 aromatic rings. The number of esters is 2. The fourth-order valence-corrected chi connectivity index (χ4v) is 14.5. The number of aliphatic imine (C=N–C) groups is 1. The maximum absolute atomic E-state index is 14.3. The number of amides is 2. The first-order valence-electron chi connectivity index (χ1n) is 41.1. The number of hydrogen-bond donors (Lipinski definition) is 5. The predicted octanol–water partition coefficient (Wildman–Crippen LogP) is 20.3. The molecule has 10 N–H and O–H groups in total. The van der Waals surface area contributed by atoms with Crippen LogP contribution >= 0.6 is 15.9 Å². The van der Waals surface area contributed by atoms with E-state index in [4.69, 9.17) is 26.7 Å². The Balaban J connectivity index is 0.000000227. The van der Waals surface area contributed by atoms with E-state index >= 15 is 0 Å². The van der Waals surface area contributed by atoms with Crippen molar-refractivity contribution >= 4 is 102 Å². The van der Waals surface area contributed by atoms with Crippen LogP contribution < -0.4 is 22.5 Å². The molecule has 0 spiro atoms. The molecule has 4 unspecified atom stereocenters. The average molecular weight is 1820 g/mol. The Morgan fingerprint density at radius 3 is 1.29 bits per heavy atom. The molecule has 2 amide bonds. The minimum absolute atomic E-state index is 0. The Hall–Kier alpha value is -13.2. The molecule has 0 saturated heterocycles. The number of anilines is 1. The standard InChI is InChI=1S/C34H31F3N4O2.C20H16F3N3O.C15H20N2O2.C13H16N2O2.C9H9N2.C6H11BrO2.CH4.H2O/c1-4-30(41-18-40-29-10-19(2)20(3)11-31(29)41)32(42)16-23(12-21-13-24(35)17-25(36)14-21)33-26(6-5-9-39-33)22-7-8-28(37)27(15-22)34(38)43;21-13-6-11(7-14(22)10-13)8-18(24)19-15(2-1-5-26-19)12-3-4-17(23)16(9-12)20(25)27;1-5-13(15(18)19-6-2)17-9-16-12-7-10(3)11(4)8-14(12)17;1-4-11(13(16)17)15-7-14-10-5-8(2)9(3)6-12(10)15;1-6-3-8-9(4-7(6)2)11-5-10-8;1-3-5(7)6(8)9-4-2;;/h5-11,13-15,17-18,23,30H,4,12,16H2,1-3H3,(H2,38,43);1-7,9-10,18H,8,24H2,(H2,25,27);7-9,13H,5-6H2,1-4H3;5-7,11H,4H2,1-3H3,(H,16,17);3-4H,1-2H3,(H,10,11);5H,3-4H2,1-2H3;1H4;1H2/q;;;;+1;;;/t23-,30?;18-;;;;;;/m10....../s1. The van der Waals surface area contributed by atoms with Gasteiger partial charge in [0.1, 0.15) is 51.8 Å². The van der Waals surface area contributed by atoms with Gasteiger partial charge < -0.3 is 51.0 Å². The third-order valence-electron chi connectivity index (χ3n) is 21.6. The fraction of sp³-hybridized carbons (Fsp3) is 0.306. The molecule has 30 heteroatoms. The van der Waals surface area contributed by atoms with Gasteiger partial charge >= 0.3 is 17.9 Å². The molecule has 0 aliphatic carbocycles. The van der Waals surface area contributed by atoms with E-state index in [9.17, 15) is 60.2 Å². The lowest BCUT2D eigenvalue weighted by atomic mass is 9.85. The first kappa shape index (κ1) is 102. The summed E-state index contributed by atoms with van der Waals surface area (Å²) in [7, 11) is 0. The molecule has 6 atom stereocenters. The number of carboxylic acids is 1. The van der Waals surface area contributed by atoms with E-state index in [1.54, 1.807) is 60.9 Å². The van der Waals surface area contributed by atoms with Crippen molar-refractivity contribution in [2.75, 3.05) is 18.5 Å². The van der Waals surface area contributed by atoms with Crippen molar-refractivity contribution in [2.45, 2.75) is 184 Å². The van der Waals surface area contributed by atoms with E-state index in [-0.39, 0.29) is 71.9 Å². The monoisotopic (exact) mass is 1820 g/mol. The molecule has 0 saturated carbocycles. The highest BCUT2D eigenvalue weighted by molar-refractivity contribution is 9.10. The van der Waals surface area contributed by atoms with Crippen LogP contribution in [0, 0.1) is 90.3 Å². The number of pyridine rings is 2. The van der Waals surface area contributed by atoms with Crippen molar-refractivity contribution in [1.29, 1.82) is 0 Å². The van der Waals surface area contributed by atoms with Gasteiger partial charge in [0, 0.05) is 60.1 Å². The number of carboxylic acid groups (broad SMARTS) is 1. The molecule has 0 fully saturated rings. The summed E-state index contributed by atoms with van der Waals surface area (Å²) in [6.07, 6.45) is 13.6. The SMILES string of the molecule is C.CCC(C(=O)C[C@@H](Cc1cc(F)cc(F)c1)c1ncccc1-c1ccc(F)c(C(N)=O)c1)n1cnc2cc(C)c(C)cc21.CCC(C(=O)O)n1cnc2cc(C)c(C)cc21.CCOC(=O)C(Br)CC.CCOC(=O)C(CC)n1cnc2cc(C)c(C)cc21.Cc1cc2c(cc1C)N[C+]=N2.NC(=O)c1cc(-c2cccnc2[C@@H](N)Cc2cc(F)cc(F)c2)ccc1F.O. The van der Waals surface area contributed by atoms with Crippen molar-refractivity contribution in [3.05, 3.63) is 290 Å². The highest BCUT2D eigenvalue weighted by atomic mass is 79.9. The van der Waals surface area contributed by atoms with Gasteiger partial charge in [0.15, 0.2) is 5.78 Å². The Morgan fingerprint density at radius 1 is 0.477 bits per heavy atom. The van der Waals surface area contributed by atoms with Gasteiger partial charge in [-0.25, -0.2) is 50.9 Å². The number of carbonyl (C=O) groups excluding carboxylic acids is 5. The van der Waals surface area contributed by atoms with Crippen molar-refractivity contribution in [2.24, 2.45) is 22.2 Å². The zero-order chi connectivity index (χ0) is 92.1. The number of nitrogens with two attached hydrogens (primary N) is 3. The van der Waals surface area contributed by atoms with Crippen LogP contribution in [0.3, 0.4) is 0 Å². The van der Waals surface area contributed by atoms with Crippen molar-refractivity contribution < 1.29 is 75.2 Å². The summed E-state index contributed by atoms with van der Waals surface area (Å²) >= 11 is 3.17. The summed E-state index contributed by atoms with van der Waals surface area (Å²) in [6, 6.07) is 35.4. The summed E-state index contributed by atoms with van der Waals surface area (Å²) in [4.78, 5) is 97.2. The van der Waals surface area contributed by atoms with Gasteiger partial charge in [-0.05, 0) is 277 Å². The normalized spacial score (nSPS) is 12.4. The fourth-order valence-electron chi connectivity index (χ4n) is 14.4. The molecule has 23 nitrogen and oxygen atoms in total. The number of alkyl halides is 1. The molecule has 1 aliphatic heterocycles. The molecule has 0 radical (unpaired) electrons. The second-order valence-corrected chi connectivity index (χ2v) is 31.6. The predicted molar refractivity (Wildman–Crippen MR) is 492 cm³/mol. The number of nitrogens with one attached hydrogen (secondary N) is 1. The average Bonchev–Trinajstić information content (AvgIpc) is 1.72. The first-order chi connectivity index (χ1) is 60.0. The number of aromatic nitrogens is 8. The summed E-state index contributed by atoms with van der Waals surface area (Å²) in [6.45, 7) is 28.6. The Labute approximate surface area is 749 Å². The molecule has 1 aliphatic rings. The third kappa shape index (κ3) is 25.8. The van der Waals surface area contributed by atoms with E-state index in [1.165, 1.54) is 82.5 Å². The van der Waals surface area contributed by atoms with Gasteiger partial charge in [-0.2, -0.15) is 5.32 Å². The second kappa shape index (κ2) is 46.9. The molecule has 8 aromatic carbocycles. The number of aryl methyl sites for hydroxylation is 8. The third-order valence-corrected chi connectivity index (χ3v) is 22.6. The van der Waals surface area contributed by atoms with E-state index in [1.807, 2.05) is 95.7 Å². The number of primary amides is 2. The van der Waals surface area contributed by atoms with Gasteiger partial charge in [0.05, 0.1) is 99.9 Å². The van der Waals surface area contributed by atoms with Gasteiger partial charge in [0.2, 0.25) is 11.4 Å². The molecular formula is C98H109BrF6N13O10+. The van der Waals surface area contributed by atoms with E-state index in [2.05, 4.69) is 109 Å². The van der Waals surface area contributed by atoms with Gasteiger partial charge in [0.25, 0.3) is 18.2 Å². The Morgan fingerprint density at radius 2 is 0.867 bits per heavy atom. The number of aliphatic carboxylic acids is 1. The second-order valence-electron chi connectivity index (χ2n) is 30.5. The number of ether oxygens (including phenoxy) is 2. The number of hydrogen-bond acceptors (Lipinski definition) is 16. The number of imidazole rings is 3. The minimum Gasteiger partial charge on any atom is -0.480 e. The van der Waals surface area contributed by atoms with E-state index in [0.717, 1.165) is 91.9 Å². The Kier molecular flexibility index (Phi) is 37.3. The maximum Gasteiger partial charge on any atom is 0.329 e. The summed E-state index contributed by atoms with van der Waals surface area (Å²) in [5.41, 5.74) is 36.9. The number of nitrogens with zero attached hydrogens (tertiary/aromatic N) is 9. The number of benzene rings is 8. The molecule has 6 heterocycles. The van der Waals surface area contributed by atoms with Crippen LogP contribution in [0.25, 0.3) is 55.4 Å². The summed E-state index contributed by atoms with van der Waals surface area (Å²) in [5.74, 6) is -8.02. The maximum atomic E-state index is 14.3. The number of ketones is 1. The minimum atomic E-state index is -0.921. The van der Waals surface area contributed by atoms with Crippen molar-refractivity contribution in [1.82, 2.24) is 38.6 Å². The van der Waals surface area contributed by atoms with Gasteiger partial charge in [-0.15, -0.1) is 0 Å². The van der Waals surface area contributed by atoms with Crippen LogP contribution in [-0.2, 0) is 41.5 Å². The van der Waals surface area contributed by atoms with Gasteiger partial charge in [-0.3, -0.25) is 29.1 Å². The highest BCUT2D eigenvalue weighted by Crippen LogP contribution is 2.38. The topological polar surface area (TPSA) is 354 Å². The quantitative estimate of drug-likeness (QED) is 0.0154. The van der Waals surface area contributed by atoms with Gasteiger partial charge in [-0.1, -0.05) is 75.3 Å². The lowest BCUT2D eigenvalue weighted by Gasteiger charge is -2.23. The number of halogens is 7. The molecule has 128 heavy (non-hydrogen) atoms. The molecule has 0 bridgehead atoms. The zero-order valence-corrected chi connectivity index (χ0v) is 74.8. The van der Waals surface area contributed by atoms with E-state index in [0.29, 0.717) is 77.2 Å². The lowest BCUT2D eigenvalue weighted by molar-refractivity contribution is -0.147. The largest absolute Gasteiger partial charge is 0.480 e. The molecule has 5 aromatic heterocycles. The number of fused-ring (bicyclic) bond motifs is 4. The smallest absolute Gasteiger partial charge is 0.329 e. The van der Waals surface area contributed by atoms with Crippen LogP contribution in [0.4, 0.5) is 37.7 Å². The van der Waals surface area contributed by atoms with E-state index < -0.39 is 76.7 Å². The van der Waals surface area contributed by atoms with Crippen LogP contribution in [0.2, 0.25) is 0 Å².